The minimum atomic E-state index is -0.623. The SMILES string of the molecule is CCN1CCN(C2=CC=C3C=C(c4cc5cc(C)ccn5n4)C(=O)OC3(C)C2)CC1. The molecule has 2 aromatic rings. The molecule has 1 unspecified atom stereocenters. The first-order valence-electron chi connectivity index (χ1n) is 10.8. The highest BCUT2D eigenvalue weighted by atomic mass is 16.6. The maximum atomic E-state index is 13.0. The van der Waals surface area contributed by atoms with E-state index in [1.54, 1.807) is 4.52 Å². The number of esters is 1. The molecule has 2 aliphatic heterocycles. The van der Waals surface area contributed by atoms with Crippen LogP contribution < -0.4 is 0 Å². The van der Waals surface area contributed by atoms with Crippen molar-refractivity contribution in [3.05, 3.63) is 65.2 Å². The molecule has 1 aliphatic carbocycles. The summed E-state index contributed by atoms with van der Waals surface area (Å²) in [4.78, 5) is 17.9. The van der Waals surface area contributed by atoms with Crippen LogP contribution in [0.4, 0.5) is 0 Å². The summed E-state index contributed by atoms with van der Waals surface area (Å²) in [5.74, 6) is -0.299. The van der Waals surface area contributed by atoms with Gasteiger partial charge in [-0.2, -0.15) is 5.10 Å². The second-order valence-electron chi connectivity index (χ2n) is 8.66. The number of aryl methyl sites for hydroxylation is 1. The highest BCUT2D eigenvalue weighted by Crippen LogP contribution is 2.40. The summed E-state index contributed by atoms with van der Waals surface area (Å²) in [6.45, 7) is 11.6. The normalized spacial score (nSPS) is 24.8. The van der Waals surface area contributed by atoms with Crippen molar-refractivity contribution in [1.82, 2.24) is 19.4 Å². The van der Waals surface area contributed by atoms with E-state index in [0.717, 1.165) is 49.4 Å². The van der Waals surface area contributed by atoms with Crippen LogP contribution in [0, 0.1) is 6.92 Å². The quantitative estimate of drug-likeness (QED) is 0.736. The van der Waals surface area contributed by atoms with Crippen LogP contribution in [0.2, 0.25) is 0 Å². The van der Waals surface area contributed by atoms with Crippen molar-refractivity contribution in [2.75, 3.05) is 32.7 Å². The van der Waals surface area contributed by atoms with E-state index in [9.17, 15) is 4.79 Å². The molecule has 6 nitrogen and oxygen atoms in total. The Morgan fingerprint density at radius 1 is 1.17 bits per heavy atom. The maximum absolute atomic E-state index is 13.0. The lowest BCUT2D eigenvalue weighted by atomic mass is 9.82. The van der Waals surface area contributed by atoms with Crippen molar-refractivity contribution in [3.8, 4) is 0 Å². The van der Waals surface area contributed by atoms with Crippen molar-refractivity contribution in [2.45, 2.75) is 32.8 Å². The van der Waals surface area contributed by atoms with Gasteiger partial charge in [0.25, 0.3) is 0 Å². The third-order valence-corrected chi connectivity index (χ3v) is 6.54. The van der Waals surface area contributed by atoms with E-state index in [-0.39, 0.29) is 5.97 Å². The van der Waals surface area contributed by atoms with Crippen LogP contribution in [-0.2, 0) is 9.53 Å². The molecule has 156 valence electrons. The number of hydrogen-bond donors (Lipinski definition) is 0. The predicted octanol–water partition coefficient (Wildman–Crippen LogP) is 3.19. The van der Waals surface area contributed by atoms with Crippen LogP contribution in [0.3, 0.4) is 0 Å². The van der Waals surface area contributed by atoms with Crippen LogP contribution in [-0.4, -0.2) is 63.7 Å². The van der Waals surface area contributed by atoms with E-state index in [4.69, 9.17) is 4.74 Å². The molecule has 0 bridgehead atoms. The number of carbonyl (C=O) groups is 1. The Morgan fingerprint density at radius 2 is 1.97 bits per heavy atom. The number of likely N-dealkylation sites (N-methyl/N-ethyl adjacent to an activating group) is 1. The molecule has 6 heteroatoms. The number of pyridine rings is 1. The number of ether oxygens (including phenoxy) is 1. The molecule has 1 saturated heterocycles. The number of aromatic nitrogens is 2. The molecule has 4 heterocycles. The summed E-state index contributed by atoms with van der Waals surface area (Å²) in [5, 5.41) is 4.58. The molecule has 1 fully saturated rings. The van der Waals surface area contributed by atoms with Gasteiger partial charge in [-0.25, -0.2) is 9.31 Å². The minimum Gasteiger partial charge on any atom is -0.450 e. The van der Waals surface area contributed by atoms with Gasteiger partial charge in [-0.15, -0.1) is 0 Å². The highest BCUT2D eigenvalue weighted by Gasteiger charge is 2.41. The van der Waals surface area contributed by atoms with E-state index in [2.05, 4.69) is 40.0 Å². The number of carbonyl (C=O) groups excluding carboxylic acids is 1. The number of nitrogens with zero attached hydrogens (tertiary/aromatic N) is 4. The predicted molar refractivity (Wildman–Crippen MR) is 117 cm³/mol. The van der Waals surface area contributed by atoms with Crippen molar-refractivity contribution >= 4 is 17.1 Å². The maximum Gasteiger partial charge on any atom is 0.341 e. The van der Waals surface area contributed by atoms with Gasteiger partial charge in [-0.05, 0) is 61.9 Å². The number of hydrogen-bond acceptors (Lipinski definition) is 5. The van der Waals surface area contributed by atoms with E-state index in [0.29, 0.717) is 17.7 Å². The van der Waals surface area contributed by atoms with Crippen LogP contribution in [0.15, 0.2) is 53.9 Å². The minimum absolute atomic E-state index is 0.299. The molecule has 5 rings (SSSR count). The molecule has 3 aliphatic rings. The van der Waals surface area contributed by atoms with Gasteiger partial charge in [-0.1, -0.05) is 13.0 Å². The summed E-state index contributed by atoms with van der Waals surface area (Å²) in [5.41, 5.74) is 4.97. The second-order valence-corrected chi connectivity index (χ2v) is 8.66. The molecule has 1 atom stereocenters. The zero-order valence-electron chi connectivity index (χ0n) is 17.9. The summed E-state index contributed by atoms with van der Waals surface area (Å²) in [6.07, 6.45) is 8.89. The lowest BCUT2D eigenvalue weighted by Gasteiger charge is -2.42. The lowest BCUT2D eigenvalue weighted by molar-refractivity contribution is -0.148. The van der Waals surface area contributed by atoms with Crippen molar-refractivity contribution in [3.63, 3.8) is 0 Å². The molecule has 0 spiro atoms. The average molecular weight is 405 g/mol. The summed E-state index contributed by atoms with van der Waals surface area (Å²) >= 11 is 0. The fourth-order valence-corrected chi connectivity index (χ4v) is 4.62. The second kappa shape index (κ2) is 7.13. The van der Waals surface area contributed by atoms with Crippen LogP contribution in [0.1, 0.15) is 31.5 Å². The molecular formula is C24H28N4O2. The van der Waals surface area contributed by atoms with E-state index in [1.165, 1.54) is 5.70 Å². The first-order chi connectivity index (χ1) is 14.4. The standard InChI is InChI=1S/C24H28N4O2/c1-4-26-9-11-27(12-10-26)19-6-5-18-14-21(23(29)30-24(18,3)16-19)22-15-20-13-17(2)7-8-28(20)25-22/h5-8,13-15H,4,9-12,16H2,1-3H3. The van der Waals surface area contributed by atoms with Gasteiger partial charge in [0.05, 0.1) is 11.1 Å². The lowest BCUT2D eigenvalue weighted by Crippen LogP contribution is -2.48. The molecule has 0 aromatic carbocycles. The van der Waals surface area contributed by atoms with Crippen molar-refractivity contribution < 1.29 is 9.53 Å². The van der Waals surface area contributed by atoms with Gasteiger partial charge < -0.3 is 14.5 Å². The smallest absolute Gasteiger partial charge is 0.341 e. The van der Waals surface area contributed by atoms with Crippen molar-refractivity contribution in [2.24, 2.45) is 0 Å². The van der Waals surface area contributed by atoms with E-state index >= 15 is 0 Å². The Balaban J connectivity index is 1.45. The van der Waals surface area contributed by atoms with E-state index in [1.807, 2.05) is 38.3 Å². The average Bonchev–Trinajstić information content (AvgIpc) is 3.15. The van der Waals surface area contributed by atoms with Gasteiger partial charge in [-0.3, -0.25) is 0 Å². The fourth-order valence-electron chi connectivity index (χ4n) is 4.62. The summed E-state index contributed by atoms with van der Waals surface area (Å²) in [7, 11) is 0. The Hall–Kier alpha value is -2.86. The van der Waals surface area contributed by atoms with Gasteiger partial charge in [0, 0.05) is 44.5 Å². The number of rotatable bonds is 3. The Bertz CT molecular complexity index is 1100. The summed E-state index contributed by atoms with van der Waals surface area (Å²) < 4.78 is 7.82. The van der Waals surface area contributed by atoms with Crippen molar-refractivity contribution in [1.29, 1.82) is 0 Å². The Kier molecular flexibility index (Phi) is 4.54. The first kappa shape index (κ1) is 19.1. The van der Waals surface area contributed by atoms with E-state index < -0.39 is 5.60 Å². The fraction of sp³-hybridized carbons (Fsp3) is 0.417. The molecule has 0 saturated carbocycles. The van der Waals surface area contributed by atoms with Crippen LogP contribution >= 0.6 is 0 Å². The van der Waals surface area contributed by atoms with Gasteiger partial charge in [0.1, 0.15) is 11.3 Å². The third-order valence-electron chi connectivity index (χ3n) is 6.54. The Labute approximate surface area is 177 Å². The topological polar surface area (TPSA) is 50.1 Å². The molecule has 0 radical (unpaired) electrons. The molecular weight excluding hydrogens is 376 g/mol. The van der Waals surface area contributed by atoms with Gasteiger partial charge in [0.2, 0.25) is 0 Å². The van der Waals surface area contributed by atoms with Crippen LogP contribution in [0.5, 0.6) is 0 Å². The zero-order valence-corrected chi connectivity index (χ0v) is 17.9. The third kappa shape index (κ3) is 3.25. The molecule has 2 aromatic heterocycles. The molecule has 0 amide bonds. The first-order valence-corrected chi connectivity index (χ1v) is 10.8. The number of fused-ring (bicyclic) bond motifs is 2. The highest BCUT2D eigenvalue weighted by molar-refractivity contribution is 6.18. The number of piperazine rings is 1. The van der Waals surface area contributed by atoms with Gasteiger partial charge in [0.15, 0.2) is 0 Å². The van der Waals surface area contributed by atoms with Crippen LogP contribution in [0.25, 0.3) is 11.1 Å². The summed E-state index contributed by atoms with van der Waals surface area (Å²) in [6, 6.07) is 6.01. The molecule has 30 heavy (non-hydrogen) atoms. The largest absolute Gasteiger partial charge is 0.450 e. The monoisotopic (exact) mass is 404 g/mol. The molecule has 0 N–H and O–H groups in total. The number of allylic oxidation sites excluding steroid dienone is 2. The zero-order chi connectivity index (χ0) is 20.9. The van der Waals surface area contributed by atoms with Gasteiger partial charge >= 0.3 is 5.97 Å². The Morgan fingerprint density at radius 3 is 2.73 bits per heavy atom.